The van der Waals surface area contributed by atoms with Crippen molar-refractivity contribution in [3.05, 3.63) is 59.3 Å². The highest BCUT2D eigenvalue weighted by Crippen LogP contribution is 2.51. The molecule has 3 aliphatic rings. The molecule has 250 valence electrons. The van der Waals surface area contributed by atoms with Gasteiger partial charge < -0.3 is 19.3 Å². The molecule has 2 atom stereocenters. The first kappa shape index (κ1) is 31.3. The molecule has 11 nitrogen and oxygen atoms in total. The molecule has 0 spiro atoms. The molecule has 5 aromatic rings. The van der Waals surface area contributed by atoms with Gasteiger partial charge in [-0.15, -0.1) is 11.3 Å². The summed E-state index contributed by atoms with van der Waals surface area (Å²) in [7, 11) is -2.21. The van der Waals surface area contributed by atoms with Crippen molar-refractivity contribution in [2.24, 2.45) is 11.8 Å². The summed E-state index contributed by atoms with van der Waals surface area (Å²) in [5.74, 6) is 1.34. The molecule has 1 saturated heterocycles. The molecule has 0 bridgehead atoms. The van der Waals surface area contributed by atoms with Crippen molar-refractivity contribution in [2.45, 2.75) is 69.2 Å². The highest BCUT2D eigenvalue weighted by molar-refractivity contribution is 7.92. The predicted octanol–water partition coefficient (Wildman–Crippen LogP) is 6.80. The number of fused-ring (bicyclic) bond motifs is 3. The number of methoxy groups -OCH3 is 1. The second kappa shape index (κ2) is 12.5. The Hall–Kier alpha value is -3.94. The van der Waals surface area contributed by atoms with Crippen LogP contribution in [0.4, 0.5) is 5.82 Å². The zero-order chi connectivity index (χ0) is 33.0. The Morgan fingerprint density at radius 3 is 2.73 bits per heavy atom. The highest BCUT2D eigenvalue weighted by atomic mass is 32.2. The van der Waals surface area contributed by atoms with Gasteiger partial charge in [-0.2, -0.15) is 4.98 Å². The lowest BCUT2D eigenvalue weighted by Gasteiger charge is -2.23. The van der Waals surface area contributed by atoms with Gasteiger partial charge in [0, 0.05) is 47.7 Å². The number of hydrogen-bond acceptors (Lipinski definition) is 12. The van der Waals surface area contributed by atoms with Crippen LogP contribution in [0.3, 0.4) is 0 Å². The summed E-state index contributed by atoms with van der Waals surface area (Å²) in [4.78, 5) is 20.1. The van der Waals surface area contributed by atoms with Crippen molar-refractivity contribution < 1.29 is 22.4 Å². The summed E-state index contributed by atoms with van der Waals surface area (Å²) in [5.41, 5.74) is 4.86. The summed E-state index contributed by atoms with van der Waals surface area (Å²) in [6.07, 6.45) is 8.99. The number of hydrogen-bond donors (Lipinski definition) is 1. The van der Waals surface area contributed by atoms with Crippen LogP contribution in [0.2, 0.25) is 0 Å². The monoisotopic (exact) mass is 686 g/mol. The number of aryl methyl sites for hydroxylation is 2. The van der Waals surface area contributed by atoms with Crippen LogP contribution in [0, 0.1) is 11.8 Å². The average molecular weight is 687 g/mol. The number of nitrogens with zero attached hydrogens (tertiary/aromatic N) is 5. The maximum Gasteiger partial charge on any atom is 0.354 e. The van der Waals surface area contributed by atoms with E-state index in [0.717, 1.165) is 77.5 Å². The van der Waals surface area contributed by atoms with Crippen molar-refractivity contribution >= 4 is 37.1 Å². The van der Waals surface area contributed by atoms with Crippen LogP contribution in [-0.2, 0) is 27.4 Å². The smallest absolute Gasteiger partial charge is 0.354 e. The largest absolute Gasteiger partial charge is 0.465 e. The van der Waals surface area contributed by atoms with Gasteiger partial charge >= 0.3 is 6.01 Å². The summed E-state index contributed by atoms with van der Waals surface area (Å²) >= 11 is 1.52. The molecular formula is C35H38N6O5S2. The van der Waals surface area contributed by atoms with Crippen LogP contribution in [0.15, 0.2) is 46.1 Å². The zero-order valence-electron chi connectivity index (χ0n) is 27.2. The first-order valence-corrected chi connectivity index (χ1v) is 19.1. The molecular weight excluding hydrogens is 649 g/mol. The van der Waals surface area contributed by atoms with E-state index in [9.17, 15) is 8.42 Å². The van der Waals surface area contributed by atoms with E-state index in [-0.39, 0.29) is 40.4 Å². The van der Waals surface area contributed by atoms with E-state index in [1.165, 1.54) is 24.0 Å². The topological polar surface area (TPSA) is 142 Å². The minimum absolute atomic E-state index is 0.0182. The molecule has 7 heterocycles. The van der Waals surface area contributed by atoms with Gasteiger partial charge in [0.15, 0.2) is 9.84 Å². The van der Waals surface area contributed by atoms with Gasteiger partial charge in [0.05, 0.1) is 45.5 Å². The molecule has 5 aromatic heterocycles. The van der Waals surface area contributed by atoms with Crippen LogP contribution in [0.5, 0.6) is 6.01 Å². The number of nitrogens with one attached hydrogen (secondary N) is 1. The molecule has 48 heavy (non-hydrogen) atoms. The van der Waals surface area contributed by atoms with E-state index in [4.69, 9.17) is 24.0 Å². The Bertz CT molecular complexity index is 2100. The number of rotatable bonds is 9. The third-order valence-electron chi connectivity index (χ3n) is 10.0. The lowest BCUT2D eigenvalue weighted by molar-refractivity contribution is 0.0639. The number of anilines is 1. The molecule has 0 radical (unpaired) electrons. The van der Waals surface area contributed by atoms with Crippen molar-refractivity contribution in [1.82, 2.24) is 25.1 Å². The molecule has 8 rings (SSSR count). The van der Waals surface area contributed by atoms with Gasteiger partial charge in [-0.25, -0.2) is 13.4 Å². The van der Waals surface area contributed by atoms with E-state index < -0.39 is 9.84 Å². The molecule has 0 amide bonds. The molecule has 1 N–H and O–H groups in total. The van der Waals surface area contributed by atoms with Gasteiger partial charge in [0.2, 0.25) is 0 Å². The van der Waals surface area contributed by atoms with Gasteiger partial charge in [0.1, 0.15) is 5.82 Å². The molecule has 0 aromatic carbocycles. The maximum absolute atomic E-state index is 14.2. The maximum atomic E-state index is 14.2. The van der Waals surface area contributed by atoms with Crippen molar-refractivity contribution in [3.8, 4) is 27.9 Å². The molecule has 0 unspecified atom stereocenters. The number of pyridine rings is 3. The SMILES string of the molecule is COc1noc(-c2c(CCC3CCOCC3)nc3c(c2-c2cc4ccnc(N[C@@H]5CCc6ncccc65)c4s2)S(=O)(=O)C[C@@H]3C(C)C)n1. The van der Waals surface area contributed by atoms with Crippen molar-refractivity contribution in [2.75, 3.05) is 31.4 Å². The zero-order valence-corrected chi connectivity index (χ0v) is 28.9. The van der Waals surface area contributed by atoms with Gasteiger partial charge in [-0.1, -0.05) is 19.9 Å². The summed E-state index contributed by atoms with van der Waals surface area (Å²) in [5, 5.41) is 8.67. The summed E-state index contributed by atoms with van der Waals surface area (Å²) in [6, 6.07) is 8.29. The fourth-order valence-electron chi connectivity index (χ4n) is 7.45. The molecule has 13 heteroatoms. The summed E-state index contributed by atoms with van der Waals surface area (Å²) in [6.45, 7) is 5.64. The number of aromatic nitrogens is 5. The predicted molar refractivity (Wildman–Crippen MR) is 183 cm³/mol. The standard InChI is InChI=1S/C35H38N6O5S2/c1-19(2)23-18-48(42,43)32-29(27-17-21-10-14-37-33(31(21)47-27)39-25-9-8-24-22(25)5-4-13-36-24)28(34-40-35(44-3)41-46-34)26(38-30(23)32)7-6-20-11-15-45-16-12-20/h4-5,10,13-14,17,19-20,23,25H,6-9,11-12,15-16,18H2,1-3H3,(H,37,39)/t23-,25-/m1/s1. The Kier molecular flexibility index (Phi) is 8.16. The van der Waals surface area contributed by atoms with Crippen LogP contribution in [-0.4, -0.2) is 59.6 Å². The Morgan fingerprint density at radius 2 is 1.94 bits per heavy atom. The second-order valence-electron chi connectivity index (χ2n) is 13.3. The normalized spacial score (nSPS) is 20.3. The lowest BCUT2D eigenvalue weighted by atomic mass is 9.89. The van der Waals surface area contributed by atoms with Crippen LogP contribution in [0.1, 0.15) is 74.1 Å². The van der Waals surface area contributed by atoms with Crippen LogP contribution < -0.4 is 10.1 Å². The quantitative estimate of drug-likeness (QED) is 0.175. The molecule has 1 aliphatic carbocycles. The fourth-order valence-corrected chi connectivity index (χ4v) is 10.9. The van der Waals surface area contributed by atoms with Crippen LogP contribution in [0.25, 0.3) is 32.0 Å². The van der Waals surface area contributed by atoms with E-state index in [0.29, 0.717) is 29.2 Å². The second-order valence-corrected chi connectivity index (χ2v) is 16.3. The lowest BCUT2D eigenvalue weighted by Crippen LogP contribution is -2.17. The first-order valence-electron chi connectivity index (χ1n) is 16.6. The average Bonchev–Trinajstić information content (AvgIpc) is 3.89. The van der Waals surface area contributed by atoms with Crippen molar-refractivity contribution in [1.29, 1.82) is 0 Å². The Labute approximate surface area is 283 Å². The molecule has 1 fully saturated rings. The number of sulfone groups is 1. The van der Waals surface area contributed by atoms with Crippen LogP contribution >= 0.6 is 11.3 Å². The van der Waals surface area contributed by atoms with Gasteiger partial charge in [-0.05, 0) is 84.7 Å². The number of thiophene rings is 1. The van der Waals surface area contributed by atoms with E-state index in [2.05, 4.69) is 46.4 Å². The third-order valence-corrected chi connectivity index (χ3v) is 13.0. The van der Waals surface area contributed by atoms with Gasteiger partial charge in [0.25, 0.3) is 5.89 Å². The van der Waals surface area contributed by atoms with E-state index in [1.54, 1.807) is 6.20 Å². The van der Waals surface area contributed by atoms with E-state index >= 15 is 0 Å². The Balaban J connectivity index is 1.32. The van der Waals surface area contributed by atoms with Crippen molar-refractivity contribution in [3.63, 3.8) is 0 Å². The Morgan fingerprint density at radius 1 is 1.08 bits per heavy atom. The molecule has 2 aliphatic heterocycles. The molecule has 0 saturated carbocycles. The first-order chi connectivity index (χ1) is 23.3. The number of ether oxygens (including phenoxy) is 2. The minimum atomic E-state index is -3.69. The summed E-state index contributed by atoms with van der Waals surface area (Å²) < 4.78 is 46.0. The minimum Gasteiger partial charge on any atom is -0.465 e. The highest BCUT2D eigenvalue weighted by Gasteiger charge is 2.43. The van der Waals surface area contributed by atoms with Gasteiger partial charge in [-0.3, -0.25) is 9.97 Å². The van der Waals surface area contributed by atoms with E-state index in [1.807, 2.05) is 18.3 Å². The fraction of sp³-hybridized carbons (Fsp3) is 0.457. The third kappa shape index (κ3) is 5.55.